The van der Waals surface area contributed by atoms with E-state index in [4.69, 9.17) is 0 Å². The van der Waals surface area contributed by atoms with E-state index in [9.17, 15) is 17.9 Å². The first-order chi connectivity index (χ1) is 9.28. The van der Waals surface area contributed by atoms with Crippen LogP contribution in [-0.2, 0) is 16.4 Å². The first-order valence-electron chi connectivity index (χ1n) is 6.35. The average Bonchev–Trinajstić information content (AvgIpc) is 2.59. The Morgan fingerprint density at radius 3 is 2.55 bits per heavy atom. The maximum atomic E-state index is 13.2. The lowest BCUT2D eigenvalue weighted by Gasteiger charge is -2.35. The Kier molecular flexibility index (Phi) is 4.43. The minimum atomic E-state index is -3.22. The molecule has 2 rings (SSSR count). The van der Waals surface area contributed by atoms with Gasteiger partial charge in [0.2, 0.25) is 0 Å². The molecule has 0 aliphatic carbocycles. The Morgan fingerprint density at radius 1 is 1.35 bits per heavy atom. The van der Waals surface area contributed by atoms with Gasteiger partial charge in [0.1, 0.15) is 5.82 Å². The van der Waals surface area contributed by atoms with Crippen LogP contribution < -0.4 is 0 Å². The number of hydrazine groups is 1. The molecule has 2 atom stereocenters. The van der Waals surface area contributed by atoms with Crippen LogP contribution in [0, 0.1) is 5.82 Å². The van der Waals surface area contributed by atoms with Crippen molar-refractivity contribution in [3.63, 3.8) is 0 Å². The second-order valence-corrected chi connectivity index (χ2v) is 7.44. The van der Waals surface area contributed by atoms with Crippen LogP contribution in [0.4, 0.5) is 4.39 Å². The second-order valence-electron chi connectivity index (χ2n) is 5.29. The molecule has 5 nitrogen and oxygen atoms in total. The lowest BCUT2D eigenvalue weighted by Crippen LogP contribution is -2.49. The number of halogens is 1. The molecule has 0 radical (unpaired) electrons. The summed E-state index contributed by atoms with van der Waals surface area (Å²) in [5.41, 5.74) is 0.732. The van der Waals surface area contributed by atoms with Gasteiger partial charge in [-0.05, 0) is 17.7 Å². The van der Waals surface area contributed by atoms with E-state index in [1.54, 1.807) is 36.2 Å². The van der Waals surface area contributed by atoms with Gasteiger partial charge in [-0.25, -0.2) is 22.8 Å². The summed E-state index contributed by atoms with van der Waals surface area (Å²) in [4.78, 5) is 0. The molecule has 1 aliphatic rings. The number of benzene rings is 1. The largest absolute Gasteiger partial charge is 0.390 e. The molecule has 1 aromatic carbocycles. The second kappa shape index (κ2) is 5.77. The van der Waals surface area contributed by atoms with Crippen LogP contribution in [0.1, 0.15) is 5.56 Å². The highest BCUT2D eigenvalue weighted by atomic mass is 32.2. The average molecular weight is 302 g/mol. The van der Waals surface area contributed by atoms with Gasteiger partial charge in [0.15, 0.2) is 9.84 Å². The van der Waals surface area contributed by atoms with Crippen molar-refractivity contribution in [1.29, 1.82) is 0 Å². The van der Waals surface area contributed by atoms with Crippen molar-refractivity contribution in [2.45, 2.75) is 18.7 Å². The van der Waals surface area contributed by atoms with Crippen molar-refractivity contribution in [3.05, 3.63) is 35.6 Å². The molecule has 0 saturated carbocycles. The predicted octanol–water partition coefficient (Wildman–Crippen LogP) is 0.262. The van der Waals surface area contributed by atoms with E-state index in [1.807, 2.05) is 0 Å². The Balaban J connectivity index is 2.20. The van der Waals surface area contributed by atoms with Gasteiger partial charge >= 0.3 is 0 Å². The number of hydrogen-bond donors (Lipinski definition) is 1. The van der Waals surface area contributed by atoms with Gasteiger partial charge in [-0.2, -0.15) is 0 Å². The highest BCUT2D eigenvalue weighted by Crippen LogP contribution is 2.21. The zero-order valence-electron chi connectivity index (χ0n) is 11.5. The SMILES string of the molecule is CN(C)N(Cc1cccc(F)c1)[C@@H]1CS(=O)(=O)C[C@@H]1O. The number of aliphatic hydroxyl groups excluding tert-OH is 1. The van der Waals surface area contributed by atoms with Crippen molar-refractivity contribution in [2.24, 2.45) is 0 Å². The van der Waals surface area contributed by atoms with Crippen LogP contribution in [0.3, 0.4) is 0 Å². The van der Waals surface area contributed by atoms with Gasteiger partial charge in [0, 0.05) is 20.6 Å². The van der Waals surface area contributed by atoms with Crippen molar-refractivity contribution in [1.82, 2.24) is 10.0 Å². The Bertz CT molecular complexity index is 577. The molecule has 1 heterocycles. The van der Waals surface area contributed by atoms with Crippen molar-refractivity contribution >= 4 is 9.84 Å². The van der Waals surface area contributed by atoms with Gasteiger partial charge in [0.25, 0.3) is 0 Å². The summed E-state index contributed by atoms with van der Waals surface area (Å²) in [6.45, 7) is 0.349. The van der Waals surface area contributed by atoms with Gasteiger partial charge in [0.05, 0.1) is 23.7 Å². The standard InChI is InChI=1S/C13H19FN2O3S/c1-15(2)16(7-10-4-3-5-11(14)6-10)12-8-20(18,19)9-13(12)17/h3-6,12-13,17H,7-9H2,1-2H3/t12-,13+/m1/s1. The number of aliphatic hydroxyl groups is 1. The molecule has 0 aromatic heterocycles. The smallest absolute Gasteiger partial charge is 0.154 e. The van der Waals surface area contributed by atoms with E-state index in [-0.39, 0.29) is 17.3 Å². The van der Waals surface area contributed by atoms with Crippen LogP contribution in [-0.4, -0.2) is 61.3 Å². The third-order valence-electron chi connectivity index (χ3n) is 3.42. The Morgan fingerprint density at radius 2 is 2.05 bits per heavy atom. The summed E-state index contributed by atoms with van der Waals surface area (Å²) in [5, 5.41) is 13.4. The molecule has 0 bridgehead atoms. The molecule has 1 N–H and O–H groups in total. The van der Waals surface area contributed by atoms with Crippen molar-refractivity contribution < 1.29 is 17.9 Å². The van der Waals surface area contributed by atoms with E-state index in [0.717, 1.165) is 5.56 Å². The summed E-state index contributed by atoms with van der Waals surface area (Å²) in [6, 6.07) is 5.65. The summed E-state index contributed by atoms with van der Waals surface area (Å²) < 4.78 is 36.5. The maximum absolute atomic E-state index is 13.2. The van der Waals surface area contributed by atoms with Crippen LogP contribution in [0.25, 0.3) is 0 Å². The van der Waals surface area contributed by atoms with E-state index >= 15 is 0 Å². The maximum Gasteiger partial charge on any atom is 0.154 e. The minimum absolute atomic E-state index is 0.0817. The summed E-state index contributed by atoms with van der Waals surface area (Å²) in [6.07, 6.45) is -0.920. The third-order valence-corrected chi connectivity index (χ3v) is 5.12. The highest BCUT2D eigenvalue weighted by molar-refractivity contribution is 7.91. The number of hydrogen-bond acceptors (Lipinski definition) is 5. The molecule has 0 amide bonds. The van der Waals surface area contributed by atoms with Gasteiger partial charge in [-0.1, -0.05) is 12.1 Å². The molecule has 1 fully saturated rings. The Labute approximate surface area is 118 Å². The summed E-state index contributed by atoms with van der Waals surface area (Å²) >= 11 is 0. The lowest BCUT2D eigenvalue weighted by atomic mass is 10.1. The van der Waals surface area contributed by atoms with E-state index in [1.165, 1.54) is 12.1 Å². The first-order valence-corrected chi connectivity index (χ1v) is 8.17. The number of nitrogens with zero attached hydrogens (tertiary/aromatic N) is 2. The van der Waals surface area contributed by atoms with Crippen LogP contribution in [0.5, 0.6) is 0 Å². The minimum Gasteiger partial charge on any atom is -0.390 e. The normalized spacial score (nSPS) is 25.5. The molecule has 1 aromatic rings. The fraction of sp³-hybridized carbons (Fsp3) is 0.538. The fourth-order valence-electron chi connectivity index (χ4n) is 2.47. The molecule has 7 heteroatoms. The topological polar surface area (TPSA) is 60.9 Å². The van der Waals surface area contributed by atoms with Crippen LogP contribution in [0.15, 0.2) is 24.3 Å². The van der Waals surface area contributed by atoms with E-state index in [0.29, 0.717) is 6.54 Å². The quantitative estimate of drug-likeness (QED) is 0.809. The highest BCUT2D eigenvalue weighted by Gasteiger charge is 2.40. The Hall–Kier alpha value is -1.02. The van der Waals surface area contributed by atoms with E-state index in [2.05, 4.69) is 0 Å². The molecular formula is C13H19FN2O3S. The molecular weight excluding hydrogens is 283 g/mol. The van der Waals surface area contributed by atoms with Crippen LogP contribution >= 0.6 is 0 Å². The molecule has 20 heavy (non-hydrogen) atoms. The molecule has 0 unspecified atom stereocenters. The molecule has 112 valence electrons. The van der Waals surface area contributed by atoms with Crippen molar-refractivity contribution in [3.8, 4) is 0 Å². The van der Waals surface area contributed by atoms with Gasteiger partial charge in [-0.15, -0.1) is 0 Å². The molecule has 1 aliphatic heterocycles. The fourth-order valence-corrected chi connectivity index (χ4v) is 4.27. The number of rotatable bonds is 4. The zero-order chi connectivity index (χ0) is 14.9. The molecule has 1 saturated heterocycles. The molecule has 0 spiro atoms. The van der Waals surface area contributed by atoms with Gasteiger partial charge < -0.3 is 5.11 Å². The zero-order valence-corrected chi connectivity index (χ0v) is 12.3. The van der Waals surface area contributed by atoms with E-state index < -0.39 is 22.0 Å². The predicted molar refractivity (Wildman–Crippen MR) is 74.1 cm³/mol. The number of sulfone groups is 1. The van der Waals surface area contributed by atoms with Crippen molar-refractivity contribution in [2.75, 3.05) is 25.6 Å². The van der Waals surface area contributed by atoms with Gasteiger partial charge in [-0.3, -0.25) is 0 Å². The lowest BCUT2D eigenvalue weighted by molar-refractivity contribution is -0.0559. The van der Waals surface area contributed by atoms with Crippen LogP contribution in [0.2, 0.25) is 0 Å². The summed E-state index contributed by atoms with van der Waals surface area (Å²) in [7, 11) is 0.333. The first kappa shape index (κ1) is 15.4. The summed E-state index contributed by atoms with van der Waals surface area (Å²) in [5.74, 6) is -0.631. The third kappa shape index (κ3) is 3.54. The monoisotopic (exact) mass is 302 g/mol.